The molecule has 2 aliphatic heterocycles. The predicted molar refractivity (Wildman–Crippen MR) is 68.3 cm³/mol. The molecule has 1 unspecified atom stereocenters. The summed E-state index contributed by atoms with van der Waals surface area (Å²) in [7, 11) is 0. The van der Waals surface area contributed by atoms with E-state index in [1.165, 1.54) is 0 Å². The van der Waals surface area contributed by atoms with Gasteiger partial charge in [-0.1, -0.05) is 0 Å². The average Bonchev–Trinajstić information content (AvgIpc) is 2.65. The smallest absolute Gasteiger partial charge is 0.228 e. The molecule has 5 heteroatoms. The first-order valence-corrected chi connectivity index (χ1v) is 7.01. The molecular weight excluding hydrogens is 232 g/mol. The molecule has 0 aromatic heterocycles. The maximum Gasteiger partial charge on any atom is 0.228 e. The third-order valence-electron chi connectivity index (χ3n) is 3.83. The van der Waals surface area contributed by atoms with Crippen molar-refractivity contribution in [2.45, 2.75) is 19.3 Å². The van der Waals surface area contributed by atoms with Gasteiger partial charge in [0, 0.05) is 32.8 Å². The molecule has 0 bridgehead atoms. The van der Waals surface area contributed by atoms with Gasteiger partial charge in [-0.25, -0.2) is 0 Å². The second kappa shape index (κ2) is 7.07. The molecule has 2 aliphatic rings. The standard InChI is InChI=1S/C13H24N2O3/c16-9-8-14-4-2-5-15(7-6-14)13(17)12-3-1-10-18-11-12/h12,16H,1-11H2. The fourth-order valence-corrected chi connectivity index (χ4v) is 2.75. The van der Waals surface area contributed by atoms with Gasteiger partial charge < -0.3 is 14.7 Å². The van der Waals surface area contributed by atoms with Gasteiger partial charge in [0.1, 0.15) is 0 Å². The Morgan fingerprint density at radius 3 is 2.83 bits per heavy atom. The van der Waals surface area contributed by atoms with Gasteiger partial charge in [0.05, 0.1) is 19.1 Å². The Labute approximate surface area is 109 Å². The van der Waals surface area contributed by atoms with Gasteiger partial charge in [0.15, 0.2) is 0 Å². The summed E-state index contributed by atoms with van der Waals surface area (Å²) >= 11 is 0. The lowest BCUT2D eigenvalue weighted by Crippen LogP contribution is -2.41. The minimum atomic E-state index is 0.0724. The average molecular weight is 256 g/mol. The van der Waals surface area contributed by atoms with E-state index in [1.807, 2.05) is 4.90 Å². The van der Waals surface area contributed by atoms with Crippen LogP contribution in [0.2, 0.25) is 0 Å². The predicted octanol–water partition coefficient (Wildman–Crippen LogP) is -0.0604. The molecule has 0 aromatic carbocycles. The molecule has 0 aliphatic carbocycles. The Balaban J connectivity index is 1.82. The number of carbonyl (C=O) groups is 1. The molecular formula is C13H24N2O3. The number of aliphatic hydroxyl groups excluding tert-OH is 1. The van der Waals surface area contributed by atoms with Gasteiger partial charge >= 0.3 is 0 Å². The summed E-state index contributed by atoms with van der Waals surface area (Å²) < 4.78 is 5.39. The lowest BCUT2D eigenvalue weighted by atomic mass is 10.0. The first-order valence-electron chi connectivity index (χ1n) is 7.01. The van der Waals surface area contributed by atoms with E-state index in [0.29, 0.717) is 13.2 Å². The molecule has 0 radical (unpaired) electrons. The summed E-state index contributed by atoms with van der Waals surface area (Å²) in [5, 5.41) is 8.95. The molecule has 18 heavy (non-hydrogen) atoms. The molecule has 2 saturated heterocycles. The lowest BCUT2D eigenvalue weighted by molar-refractivity contribution is -0.139. The first kappa shape index (κ1) is 13.8. The lowest BCUT2D eigenvalue weighted by Gasteiger charge is -2.28. The molecule has 104 valence electrons. The maximum atomic E-state index is 12.3. The Bertz CT molecular complexity index is 267. The van der Waals surface area contributed by atoms with Crippen molar-refractivity contribution in [1.82, 2.24) is 9.80 Å². The fourth-order valence-electron chi connectivity index (χ4n) is 2.75. The molecule has 2 rings (SSSR count). The van der Waals surface area contributed by atoms with Crippen LogP contribution in [-0.4, -0.2) is 73.4 Å². The molecule has 1 N–H and O–H groups in total. The van der Waals surface area contributed by atoms with E-state index in [0.717, 1.165) is 52.0 Å². The molecule has 1 amide bonds. The number of hydrogen-bond donors (Lipinski definition) is 1. The zero-order valence-corrected chi connectivity index (χ0v) is 11.0. The highest BCUT2D eigenvalue weighted by Gasteiger charge is 2.27. The van der Waals surface area contributed by atoms with Crippen LogP contribution in [0.4, 0.5) is 0 Å². The van der Waals surface area contributed by atoms with Crippen molar-refractivity contribution in [2.75, 3.05) is 52.5 Å². The van der Waals surface area contributed by atoms with Crippen molar-refractivity contribution in [1.29, 1.82) is 0 Å². The quantitative estimate of drug-likeness (QED) is 0.768. The molecule has 0 spiro atoms. The summed E-state index contributed by atoms with van der Waals surface area (Å²) in [4.78, 5) is 16.6. The third-order valence-corrected chi connectivity index (χ3v) is 3.83. The summed E-state index contributed by atoms with van der Waals surface area (Å²) in [6.45, 7) is 5.79. The van der Waals surface area contributed by atoms with Crippen LogP contribution in [0.1, 0.15) is 19.3 Å². The van der Waals surface area contributed by atoms with Crippen LogP contribution >= 0.6 is 0 Å². The van der Waals surface area contributed by atoms with Crippen LogP contribution in [0.25, 0.3) is 0 Å². The Hall–Kier alpha value is -0.650. The zero-order chi connectivity index (χ0) is 12.8. The second-order valence-electron chi connectivity index (χ2n) is 5.16. The molecule has 1 atom stereocenters. The summed E-state index contributed by atoms with van der Waals surface area (Å²) in [6, 6.07) is 0. The van der Waals surface area contributed by atoms with Gasteiger partial charge in [0.25, 0.3) is 0 Å². The van der Waals surface area contributed by atoms with Crippen molar-refractivity contribution in [2.24, 2.45) is 5.92 Å². The Morgan fingerprint density at radius 1 is 1.22 bits per heavy atom. The molecule has 5 nitrogen and oxygen atoms in total. The van der Waals surface area contributed by atoms with Crippen LogP contribution in [0.5, 0.6) is 0 Å². The molecule has 2 heterocycles. The van der Waals surface area contributed by atoms with Gasteiger partial charge in [-0.05, 0) is 25.8 Å². The summed E-state index contributed by atoms with van der Waals surface area (Å²) in [5.74, 6) is 0.337. The van der Waals surface area contributed by atoms with Crippen molar-refractivity contribution in [3.63, 3.8) is 0 Å². The number of hydrogen-bond acceptors (Lipinski definition) is 4. The SMILES string of the molecule is O=C(C1CCCOC1)N1CCCN(CCO)CC1. The van der Waals surface area contributed by atoms with Crippen LogP contribution in [0.15, 0.2) is 0 Å². The van der Waals surface area contributed by atoms with E-state index in [-0.39, 0.29) is 18.4 Å². The highest BCUT2D eigenvalue weighted by molar-refractivity contribution is 5.79. The minimum absolute atomic E-state index is 0.0724. The summed E-state index contributed by atoms with van der Waals surface area (Å²) in [5.41, 5.74) is 0. The van der Waals surface area contributed by atoms with Gasteiger partial charge in [-0.15, -0.1) is 0 Å². The van der Waals surface area contributed by atoms with Crippen LogP contribution in [-0.2, 0) is 9.53 Å². The number of carbonyl (C=O) groups excluding carboxylic acids is 1. The Morgan fingerprint density at radius 2 is 2.11 bits per heavy atom. The topological polar surface area (TPSA) is 53.0 Å². The number of ether oxygens (including phenoxy) is 1. The number of rotatable bonds is 3. The molecule has 0 saturated carbocycles. The number of amides is 1. The largest absolute Gasteiger partial charge is 0.395 e. The van der Waals surface area contributed by atoms with Gasteiger partial charge in [-0.3, -0.25) is 9.69 Å². The maximum absolute atomic E-state index is 12.3. The highest BCUT2D eigenvalue weighted by Crippen LogP contribution is 2.17. The molecule has 0 aromatic rings. The van der Waals surface area contributed by atoms with Crippen LogP contribution in [0.3, 0.4) is 0 Å². The first-order chi connectivity index (χ1) is 8.81. The normalized spacial score (nSPS) is 26.9. The van der Waals surface area contributed by atoms with Crippen molar-refractivity contribution in [3.8, 4) is 0 Å². The number of aliphatic hydroxyl groups is 1. The fraction of sp³-hybridized carbons (Fsp3) is 0.923. The zero-order valence-electron chi connectivity index (χ0n) is 11.0. The van der Waals surface area contributed by atoms with E-state index in [4.69, 9.17) is 9.84 Å². The Kier molecular flexibility index (Phi) is 5.41. The van der Waals surface area contributed by atoms with Crippen molar-refractivity contribution >= 4 is 5.91 Å². The van der Waals surface area contributed by atoms with E-state index in [2.05, 4.69) is 4.90 Å². The van der Waals surface area contributed by atoms with Crippen LogP contribution in [0, 0.1) is 5.92 Å². The van der Waals surface area contributed by atoms with Gasteiger partial charge in [0.2, 0.25) is 5.91 Å². The third kappa shape index (κ3) is 3.67. The monoisotopic (exact) mass is 256 g/mol. The van der Waals surface area contributed by atoms with Gasteiger partial charge in [-0.2, -0.15) is 0 Å². The number of β-amino-alcohol motifs (C(OH)–C–C–N with tert-alkyl or cyclic N) is 1. The van der Waals surface area contributed by atoms with E-state index < -0.39 is 0 Å². The molecule has 2 fully saturated rings. The van der Waals surface area contributed by atoms with E-state index in [9.17, 15) is 4.79 Å². The van der Waals surface area contributed by atoms with Crippen molar-refractivity contribution in [3.05, 3.63) is 0 Å². The van der Waals surface area contributed by atoms with E-state index >= 15 is 0 Å². The number of nitrogens with zero attached hydrogens (tertiary/aromatic N) is 2. The second-order valence-corrected chi connectivity index (χ2v) is 5.16. The van der Waals surface area contributed by atoms with E-state index in [1.54, 1.807) is 0 Å². The highest BCUT2D eigenvalue weighted by atomic mass is 16.5. The van der Waals surface area contributed by atoms with Crippen LogP contribution < -0.4 is 0 Å². The minimum Gasteiger partial charge on any atom is -0.395 e. The van der Waals surface area contributed by atoms with Crippen molar-refractivity contribution < 1.29 is 14.6 Å². The summed E-state index contributed by atoms with van der Waals surface area (Å²) in [6.07, 6.45) is 2.97.